The van der Waals surface area contributed by atoms with Gasteiger partial charge in [-0.1, -0.05) is 7.43 Å². The van der Waals surface area contributed by atoms with Crippen molar-refractivity contribution in [3.8, 4) is 0 Å². The lowest BCUT2D eigenvalue weighted by Gasteiger charge is -2.29. The van der Waals surface area contributed by atoms with Gasteiger partial charge in [-0.15, -0.1) is 0 Å². The van der Waals surface area contributed by atoms with Crippen molar-refractivity contribution in [2.24, 2.45) is 0 Å². The quantitative estimate of drug-likeness (QED) is 0.496. The maximum absolute atomic E-state index is 10.6. The van der Waals surface area contributed by atoms with E-state index in [-0.39, 0.29) is 19.2 Å². The average Bonchev–Trinajstić information content (AvgIpc) is 1.98. The smallest absolute Gasteiger partial charge is 0.221 e. The first-order valence-electron chi connectivity index (χ1n) is 4.14. The Labute approximate surface area is 86.1 Å². The fourth-order valence-corrected chi connectivity index (χ4v) is 0.707. The van der Waals surface area contributed by atoms with E-state index in [9.17, 15) is 9.59 Å². The van der Waals surface area contributed by atoms with E-state index in [0.717, 1.165) is 0 Å². The summed E-state index contributed by atoms with van der Waals surface area (Å²) in [6.07, 6.45) is 0. The number of hydrogen-bond acceptors (Lipinski definition) is 2. The molecular weight excluding hydrogens is 182 g/mol. The largest absolute Gasteiger partial charge is 0.309 e. The minimum atomic E-state index is -0.0611. The second-order valence-electron chi connectivity index (χ2n) is 3.72. The minimum absolute atomic E-state index is 0. The Morgan fingerprint density at radius 2 is 1.29 bits per heavy atom. The Hall–Kier alpha value is -1.10. The SMILES string of the molecule is C.CC(=O)NC[N+](C)(C)CNC(C)=O. The molecule has 84 valence electrons. The van der Waals surface area contributed by atoms with Crippen LogP contribution < -0.4 is 10.6 Å². The van der Waals surface area contributed by atoms with Crippen LogP contribution >= 0.6 is 0 Å². The van der Waals surface area contributed by atoms with Crippen LogP contribution in [0.25, 0.3) is 0 Å². The van der Waals surface area contributed by atoms with E-state index in [2.05, 4.69) is 10.6 Å². The number of quaternary nitrogens is 1. The summed E-state index contributed by atoms with van der Waals surface area (Å²) in [5, 5.41) is 5.38. The zero-order chi connectivity index (χ0) is 10.5. The van der Waals surface area contributed by atoms with Crippen molar-refractivity contribution in [2.45, 2.75) is 21.3 Å². The Morgan fingerprint density at radius 1 is 1.00 bits per heavy atom. The van der Waals surface area contributed by atoms with Crippen molar-refractivity contribution < 1.29 is 14.1 Å². The molecule has 0 aromatic heterocycles. The van der Waals surface area contributed by atoms with E-state index in [1.54, 1.807) is 0 Å². The van der Waals surface area contributed by atoms with Crippen molar-refractivity contribution in [3.63, 3.8) is 0 Å². The summed E-state index contributed by atoms with van der Waals surface area (Å²) in [6.45, 7) is 3.96. The third-order valence-corrected chi connectivity index (χ3v) is 1.51. The van der Waals surface area contributed by atoms with E-state index < -0.39 is 0 Å². The number of carbonyl (C=O) groups is 2. The van der Waals surface area contributed by atoms with Gasteiger partial charge in [-0.2, -0.15) is 0 Å². The van der Waals surface area contributed by atoms with Gasteiger partial charge in [0.05, 0.1) is 14.1 Å². The first-order valence-corrected chi connectivity index (χ1v) is 4.14. The van der Waals surface area contributed by atoms with Gasteiger partial charge in [-0.05, 0) is 0 Å². The molecule has 2 amide bonds. The van der Waals surface area contributed by atoms with E-state index >= 15 is 0 Å². The molecule has 0 saturated heterocycles. The molecular formula is C9H22N3O2+. The predicted molar refractivity (Wildman–Crippen MR) is 56.2 cm³/mol. The number of nitrogens with zero attached hydrogens (tertiary/aromatic N) is 1. The summed E-state index contributed by atoms with van der Waals surface area (Å²) in [6, 6.07) is 0. The normalized spacial score (nSPS) is 10.0. The van der Waals surface area contributed by atoms with Crippen LogP contribution in [0.15, 0.2) is 0 Å². The first-order chi connectivity index (χ1) is 5.83. The second-order valence-corrected chi connectivity index (χ2v) is 3.72. The standard InChI is InChI=1S/C8H17N3O2.CH4/c1-7(12)9-5-11(3,4)6-10-8(2)13;/h5-6H2,1-4H3,(H-,9,10,12,13);1H4/p+1. The highest BCUT2D eigenvalue weighted by molar-refractivity contribution is 5.73. The van der Waals surface area contributed by atoms with Crippen molar-refractivity contribution >= 4 is 11.8 Å². The molecule has 0 aliphatic carbocycles. The van der Waals surface area contributed by atoms with Gasteiger partial charge in [0.1, 0.15) is 0 Å². The van der Waals surface area contributed by atoms with E-state index in [4.69, 9.17) is 0 Å². The summed E-state index contributed by atoms with van der Waals surface area (Å²) in [4.78, 5) is 21.2. The van der Waals surface area contributed by atoms with Crippen LogP contribution in [-0.4, -0.2) is 43.7 Å². The van der Waals surface area contributed by atoms with Crippen molar-refractivity contribution in [2.75, 3.05) is 27.4 Å². The second kappa shape index (κ2) is 6.37. The minimum Gasteiger partial charge on any atom is -0.309 e. The van der Waals surface area contributed by atoms with Crippen LogP contribution in [0.3, 0.4) is 0 Å². The van der Waals surface area contributed by atoms with Gasteiger partial charge in [0.15, 0.2) is 13.3 Å². The van der Waals surface area contributed by atoms with Crippen LogP contribution in [0.2, 0.25) is 0 Å². The van der Waals surface area contributed by atoms with Gasteiger partial charge in [0, 0.05) is 13.8 Å². The molecule has 5 heteroatoms. The van der Waals surface area contributed by atoms with Gasteiger partial charge in [-0.3, -0.25) is 14.1 Å². The molecule has 5 nitrogen and oxygen atoms in total. The molecule has 0 aliphatic rings. The highest BCUT2D eigenvalue weighted by Gasteiger charge is 2.14. The fraction of sp³-hybridized carbons (Fsp3) is 0.778. The first kappa shape index (κ1) is 15.4. The predicted octanol–water partition coefficient (Wildman–Crippen LogP) is -0.114. The van der Waals surface area contributed by atoms with Crippen LogP contribution in [0.4, 0.5) is 0 Å². The maximum Gasteiger partial charge on any atom is 0.221 e. The molecule has 0 rings (SSSR count). The average molecular weight is 204 g/mol. The molecule has 0 spiro atoms. The molecule has 0 aliphatic heterocycles. The Kier molecular flexibility index (Phi) is 6.99. The lowest BCUT2D eigenvalue weighted by molar-refractivity contribution is -0.893. The topological polar surface area (TPSA) is 58.2 Å². The van der Waals surface area contributed by atoms with Crippen LogP contribution in [0, 0.1) is 0 Å². The number of hydrogen-bond donors (Lipinski definition) is 2. The summed E-state index contributed by atoms with van der Waals surface area (Å²) in [5.41, 5.74) is 0. The molecule has 0 fully saturated rings. The summed E-state index contributed by atoms with van der Waals surface area (Å²) in [5.74, 6) is -0.122. The van der Waals surface area contributed by atoms with Crippen LogP contribution in [-0.2, 0) is 9.59 Å². The van der Waals surface area contributed by atoms with Crippen molar-refractivity contribution in [3.05, 3.63) is 0 Å². The maximum atomic E-state index is 10.6. The number of rotatable bonds is 4. The molecule has 0 atom stereocenters. The Bertz CT molecular complexity index is 182. The molecule has 0 heterocycles. The third-order valence-electron chi connectivity index (χ3n) is 1.51. The highest BCUT2D eigenvalue weighted by atomic mass is 16.2. The monoisotopic (exact) mass is 204 g/mol. The Morgan fingerprint density at radius 3 is 1.50 bits per heavy atom. The fourth-order valence-electron chi connectivity index (χ4n) is 0.707. The molecule has 0 saturated carbocycles. The van der Waals surface area contributed by atoms with Gasteiger partial charge in [0.2, 0.25) is 11.8 Å². The molecule has 0 aromatic carbocycles. The molecule has 0 radical (unpaired) electrons. The summed E-state index contributed by atoms with van der Waals surface area (Å²) < 4.78 is 0.527. The number of carbonyl (C=O) groups excluding carboxylic acids is 2. The highest BCUT2D eigenvalue weighted by Crippen LogP contribution is 1.90. The van der Waals surface area contributed by atoms with Crippen molar-refractivity contribution in [1.82, 2.24) is 10.6 Å². The van der Waals surface area contributed by atoms with Gasteiger partial charge in [-0.25, -0.2) is 0 Å². The molecule has 2 N–H and O–H groups in total. The zero-order valence-corrected chi connectivity index (χ0v) is 8.68. The van der Waals surface area contributed by atoms with E-state index in [0.29, 0.717) is 17.8 Å². The zero-order valence-electron chi connectivity index (χ0n) is 8.68. The summed E-state index contributed by atoms with van der Waals surface area (Å²) in [7, 11) is 3.84. The van der Waals surface area contributed by atoms with E-state index in [1.165, 1.54) is 13.8 Å². The Balaban J connectivity index is 0. The molecule has 14 heavy (non-hydrogen) atoms. The molecule has 0 bridgehead atoms. The number of amides is 2. The number of nitrogens with one attached hydrogen (secondary N) is 2. The molecule has 0 unspecified atom stereocenters. The van der Waals surface area contributed by atoms with Gasteiger partial charge in [0.25, 0.3) is 0 Å². The van der Waals surface area contributed by atoms with Crippen LogP contribution in [0.5, 0.6) is 0 Å². The van der Waals surface area contributed by atoms with Crippen LogP contribution in [0.1, 0.15) is 21.3 Å². The molecule has 0 aromatic rings. The van der Waals surface area contributed by atoms with E-state index in [1.807, 2.05) is 14.1 Å². The lowest BCUT2D eigenvalue weighted by atomic mass is 10.6. The summed E-state index contributed by atoms with van der Waals surface area (Å²) >= 11 is 0. The third kappa shape index (κ3) is 8.99. The van der Waals surface area contributed by atoms with Crippen molar-refractivity contribution in [1.29, 1.82) is 0 Å². The van der Waals surface area contributed by atoms with Gasteiger partial charge >= 0.3 is 0 Å². The van der Waals surface area contributed by atoms with Gasteiger partial charge < -0.3 is 10.6 Å². The lowest BCUT2D eigenvalue weighted by Crippen LogP contribution is -2.53.